The molecular formula is C15H21FN2O3. The molecule has 1 rings (SSSR count). The zero-order valence-corrected chi connectivity index (χ0v) is 12.7. The number of alkyl carbamates (subject to hydrolysis) is 1. The third-order valence-corrected chi connectivity index (χ3v) is 2.88. The van der Waals surface area contributed by atoms with Gasteiger partial charge in [0.05, 0.1) is 12.3 Å². The molecule has 2 N–H and O–H groups in total. The van der Waals surface area contributed by atoms with E-state index in [0.29, 0.717) is 0 Å². The minimum absolute atomic E-state index is 0.0938. The molecular weight excluding hydrogens is 275 g/mol. The number of benzene rings is 1. The van der Waals surface area contributed by atoms with Crippen LogP contribution in [0, 0.1) is 18.7 Å². The van der Waals surface area contributed by atoms with Crippen LogP contribution in [0.1, 0.15) is 26.3 Å². The van der Waals surface area contributed by atoms with E-state index in [9.17, 15) is 14.0 Å². The van der Waals surface area contributed by atoms with E-state index < -0.39 is 23.9 Å². The summed E-state index contributed by atoms with van der Waals surface area (Å²) >= 11 is 0. The van der Waals surface area contributed by atoms with E-state index in [1.165, 1.54) is 12.1 Å². The molecule has 0 saturated carbocycles. The Morgan fingerprint density at radius 2 is 2.00 bits per heavy atom. The van der Waals surface area contributed by atoms with Crippen molar-refractivity contribution in [2.24, 2.45) is 5.92 Å². The van der Waals surface area contributed by atoms with Crippen molar-refractivity contribution in [2.75, 3.05) is 11.9 Å². The molecule has 21 heavy (non-hydrogen) atoms. The number of anilines is 1. The van der Waals surface area contributed by atoms with Crippen LogP contribution in [0.4, 0.5) is 14.9 Å². The first-order valence-electron chi connectivity index (χ1n) is 6.85. The SMILES string of the molecule is CCOC(=O)N[C@H](C(=O)Nc1cc(C)ccc1F)C(C)C. The van der Waals surface area contributed by atoms with Gasteiger partial charge in [-0.15, -0.1) is 0 Å². The molecule has 0 radical (unpaired) electrons. The first-order chi connectivity index (χ1) is 9.85. The molecule has 0 unspecified atom stereocenters. The Bertz CT molecular complexity index is 518. The topological polar surface area (TPSA) is 67.4 Å². The van der Waals surface area contributed by atoms with Crippen LogP contribution in [-0.2, 0) is 9.53 Å². The summed E-state index contributed by atoms with van der Waals surface area (Å²) in [6.07, 6.45) is -0.670. The van der Waals surface area contributed by atoms with Crippen LogP contribution >= 0.6 is 0 Å². The van der Waals surface area contributed by atoms with Gasteiger partial charge < -0.3 is 15.4 Å². The van der Waals surface area contributed by atoms with Crippen molar-refractivity contribution in [3.05, 3.63) is 29.6 Å². The fourth-order valence-corrected chi connectivity index (χ4v) is 1.78. The lowest BCUT2D eigenvalue weighted by Crippen LogP contribution is -2.47. The molecule has 0 heterocycles. The van der Waals surface area contributed by atoms with E-state index in [2.05, 4.69) is 10.6 Å². The highest BCUT2D eigenvalue weighted by molar-refractivity contribution is 5.96. The largest absolute Gasteiger partial charge is 0.450 e. The molecule has 0 aromatic heterocycles. The average Bonchev–Trinajstić information content (AvgIpc) is 2.40. The molecule has 0 bridgehead atoms. The standard InChI is InChI=1S/C15H21FN2O3/c1-5-21-15(20)18-13(9(2)3)14(19)17-12-8-10(4)6-7-11(12)16/h6-9,13H,5H2,1-4H3,(H,17,19)(H,18,20)/t13-/m0/s1. The van der Waals surface area contributed by atoms with Crippen molar-refractivity contribution in [2.45, 2.75) is 33.7 Å². The van der Waals surface area contributed by atoms with Crippen molar-refractivity contribution >= 4 is 17.7 Å². The second-order valence-corrected chi connectivity index (χ2v) is 5.06. The van der Waals surface area contributed by atoms with Crippen LogP contribution in [0.15, 0.2) is 18.2 Å². The molecule has 5 nitrogen and oxygen atoms in total. The lowest BCUT2D eigenvalue weighted by Gasteiger charge is -2.21. The summed E-state index contributed by atoms with van der Waals surface area (Å²) in [6.45, 7) is 7.25. The maximum atomic E-state index is 13.7. The molecule has 1 aromatic rings. The van der Waals surface area contributed by atoms with Gasteiger partial charge in [0, 0.05) is 0 Å². The summed E-state index contributed by atoms with van der Waals surface area (Å²) in [5.41, 5.74) is 0.919. The molecule has 0 fully saturated rings. The first kappa shape index (κ1) is 16.9. The van der Waals surface area contributed by atoms with Gasteiger partial charge in [-0.05, 0) is 37.5 Å². The molecule has 0 aliphatic rings. The number of halogens is 1. The number of carbonyl (C=O) groups excluding carboxylic acids is 2. The van der Waals surface area contributed by atoms with Crippen molar-refractivity contribution in [1.29, 1.82) is 0 Å². The van der Waals surface area contributed by atoms with Gasteiger partial charge in [-0.3, -0.25) is 4.79 Å². The molecule has 2 amide bonds. The number of hydrogen-bond acceptors (Lipinski definition) is 3. The zero-order valence-electron chi connectivity index (χ0n) is 12.7. The number of carbonyl (C=O) groups is 2. The summed E-state index contributed by atoms with van der Waals surface area (Å²) < 4.78 is 18.4. The van der Waals surface area contributed by atoms with E-state index in [4.69, 9.17) is 4.74 Å². The van der Waals surface area contributed by atoms with Gasteiger partial charge in [-0.1, -0.05) is 19.9 Å². The Labute approximate surface area is 123 Å². The van der Waals surface area contributed by atoms with Crippen LogP contribution in [0.2, 0.25) is 0 Å². The monoisotopic (exact) mass is 296 g/mol. The fraction of sp³-hybridized carbons (Fsp3) is 0.467. The highest BCUT2D eigenvalue weighted by atomic mass is 19.1. The number of aryl methyl sites for hydroxylation is 1. The molecule has 6 heteroatoms. The minimum Gasteiger partial charge on any atom is -0.450 e. The number of hydrogen-bond donors (Lipinski definition) is 2. The maximum absolute atomic E-state index is 13.7. The summed E-state index contributed by atoms with van der Waals surface area (Å²) in [5, 5.41) is 4.97. The Morgan fingerprint density at radius 3 is 2.57 bits per heavy atom. The highest BCUT2D eigenvalue weighted by Crippen LogP contribution is 2.16. The smallest absolute Gasteiger partial charge is 0.407 e. The fourth-order valence-electron chi connectivity index (χ4n) is 1.78. The Balaban J connectivity index is 2.82. The van der Waals surface area contributed by atoms with Crippen LogP contribution in [0.5, 0.6) is 0 Å². The number of ether oxygens (including phenoxy) is 1. The van der Waals surface area contributed by atoms with Gasteiger partial charge in [-0.25, -0.2) is 9.18 Å². The van der Waals surface area contributed by atoms with Crippen LogP contribution in [0.3, 0.4) is 0 Å². The van der Waals surface area contributed by atoms with Gasteiger partial charge in [0.1, 0.15) is 11.9 Å². The second kappa shape index (κ2) is 7.61. The van der Waals surface area contributed by atoms with Crippen LogP contribution in [0.25, 0.3) is 0 Å². The predicted octanol–water partition coefficient (Wildman–Crippen LogP) is 2.84. The summed E-state index contributed by atoms with van der Waals surface area (Å²) in [7, 11) is 0. The van der Waals surface area contributed by atoms with Crippen LogP contribution in [-0.4, -0.2) is 24.6 Å². The zero-order chi connectivity index (χ0) is 16.0. The predicted molar refractivity (Wildman–Crippen MR) is 78.6 cm³/mol. The van der Waals surface area contributed by atoms with Gasteiger partial charge in [-0.2, -0.15) is 0 Å². The van der Waals surface area contributed by atoms with Gasteiger partial charge in [0.25, 0.3) is 0 Å². The molecule has 0 saturated heterocycles. The molecule has 1 atom stereocenters. The summed E-state index contributed by atoms with van der Waals surface area (Å²) in [4.78, 5) is 23.7. The quantitative estimate of drug-likeness (QED) is 0.878. The normalized spacial score (nSPS) is 11.9. The molecule has 0 aliphatic heterocycles. The van der Waals surface area contributed by atoms with Gasteiger partial charge >= 0.3 is 6.09 Å². The van der Waals surface area contributed by atoms with E-state index in [-0.39, 0.29) is 18.2 Å². The summed E-state index contributed by atoms with van der Waals surface area (Å²) in [6, 6.07) is 3.63. The Kier molecular flexibility index (Phi) is 6.14. The lowest BCUT2D eigenvalue weighted by molar-refractivity contribution is -0.119. The maximum Gasteiger partial charge on any atom is 0.407 e. The van der Waals surface area contributed by atoms with E-state index in [1.807, 2.05) is 0 Å². The van der Waals surface area contributed by atoms with Crippen molar-refractivity contribution < 1.29 is 18.7 Å². The molecule has 0 spiro atoms. The highest BCUT2D eigenvalue weighted by Gasteiger charge is 2.25. The Hall–Kier alpha value is -2.11. The minimum atomic E-state index is -0.802. The molecule has 0 aliphatic carbocycles. The van der Waals surface area contributed by atoms with Crippen LogP contribution < -0.4 is 10.6 Å². The Morgan fingerprint density at radius 1 is 1.33 bits per heavy atom. The average molecular weight is 296 g/mol. The second-order valence-electron chi connectivity index (χ2n) is 5.06. The van der Waals surface area contributed by atoms with Crippen molar-refractivity contribution in [1.82, 2.24) is 5.32 Å². The van der Waals surface area contributed by atoms with E-state index >= 15 is 0 Å². The third kappa shape index (κ3) is 5.06. The number of rotatable bonds is 5. The number of nitrogens with one attached hydrogen (secondary N) is 2. The summed E-state index contributed by atoms with van der Waals surface area (Å²) in [5.74, 6) is -1.17. The van der Waals surface area contributed by atoms with Crippen molar-refractivity contribution in [3.8, 4) is 0 Å². The molecule has 116 valence electrons. The number of amides is 2. The third-order valence-electron chi connectivity index (χ3n) is 2.88. The van der Waals surface area contributed by atoms with Gasteiger partial charge in [0.15, 0.2) is 0 Å². The lowest BCUT2D eigenvalue weighted by atomic mass is 10.0. The van der Waals surface area contributed by atoms with Gasteiger partial charge in [0.2, 0.25) is 5.91 Å². The first-order valence-corrected chi connectivity index (χ1v) is 6.85. The van der Waals surface area contributed by atoms with Crippen molar-refractivity contribution in [3.63, 3.8) is 0 Å². The van der Waals surface area contributed by atoms with E-state index in [0.717, 1.165) is 5.56 Å². The molecule has 1 aromatic carbocycles. The van der Waals surface area contributed by atoms with E-state index in [1.54, 1.807) is 33.8 Å².